The van der Waals surface area contributed by atoms with Crippen LogP contribution in [0.25, 0.3) is 17.0 Å². The number of nitrogens with zero attached hydrogens (tertiary/aromatic N) is 1. The second kappa shape index (κ2) is 6.15. The van der Waals surface area contributed by atoms with Crippen LogP contribution in [0.3, 0.4) is 0 Å². The van der Waals surface area contributed by atoms with Crippen LogP contribution in [-0.2, 0) is 0 Å². The predicted octanol–water partition coefficient (Wildman–Crippen LogP) is 5.22. The molecule has 0 radical (unpaired) electrons. The molecular formula is C22H19N3O2S. The molecule has 5 nitrogen and oxygen atoms in total. The molecular weight excluding hydrogens is 370 g/mol. The van der Waals surface area contributed by atoms with Gasteiger partial charge in [-0.3, -0.25) is 0 Å². The van der Waals surface area contributed by atoms with E-state index in [4.69, 9.17) is 21.5 Å². The van der Waals surface area contributed by atoms with Gasteiger partial charge in [-0.15, -0.1) is 0 Å². The van der Waals surface area contributed by atoms with E-state index in [2.05, 4.69) is 39.7 Å². The zero-order chi connectivity index (χ0) is 18.7. The third-order valence-corrected chi connectivity index (χ3v) is 6.19. The summed E-state index contributed by atoms with van der Waals surface area (Å²) < 4.78 is 11.4. The van der Waals surface area contributed by atoms with Gasteiger partial charge in [0.25, 0.3) is 0 Å². The van der Waals surface area contributed by atoms with Crippen molar-refractivity contribution >= 4 is 17.8 Å². The fourth-order valence-corrected chi connectivity index (χ4v) is 4.96. The van der Waals surface area contributed by atoms with Gasteiger partial charge in [0.15, 0.2) is 5.82 Å². The minimum Gasteiger partial charge on any atom is -0.456 e. The maximum absolute atomic E-state index is 6.29. The Balaban J connectivity index is 1.53. The maximum Gasteiger partial charge on any atom is 0.314 e. The lowest BCUT2D eigenvalue weighted by atomic mass is 9.84. The summed E-state index contributed by atoms with van der Waals surface area (Å²) in [4.78, 5) is 4.43. The number of hydrogen-bond acceptors (Lipinski definition) is 5. The molecule has 2 N–H and O–H groups in total. The summed E-state index contributed by atoms with van der Waals surface area (Å²) >= 11 is 4.98. The normalized spacial score (nSPS) is 22.6. The molecule has 0 amide bonds. The van der Waals surface area contributed by atoms with E-state index in [1.165, 1.54) is 29.6 Å². The van der Waals surface area contributed by atoms with Crippen LogP contribution in [0.1, 0.15) is 36.8 Å². The lowest BCUT2D eigenvalue weighted by Crippen LogP contribution is -2.35. The van der Waals surface area contributed by atoms with Gasteiger partial charge in [0.2, 0.25) is 0 Å². The summed E-state index contributed by atoms with van der Waals surface area (Å²) in [7, 11) is 0. The molecule has 2 fully saturated rings. The number of ether oxygens (including phenoxy) is 1. The molecule has 3 aromatic rings. The number of rotatable bonds is 1. The Morgan fingerprint density at radius 2 is 1.75 bits per heavy atom. The minimum absolute atomic E-state index is 0.201. The molecule has 6 heteroatoms. The Hall–Kier alpha value is -2.70. The smallest absolute Gasteiger partial charge is 0.314 e. The van der Waals surface area contributed by atoms with Gasteiger partial charge in [0, 0.05) is 28.8 Å². The summed E-state index contributed by atoms with van der Waals surface area (Å²) in [6, 6.07) is 15.8. The Morgan fingerprint density at radius 1 is 0.964 bits per heavy atom. The molecule has 140 valence electrons. The molecule has 6 rings (SSSR count). The van der Waals surface area contributed by atoms with Gasteiger partial charge < -0.3 is 14.6 Å². The van der Waals surface area contributed by atoms with Crippen molar-refractivity contribution in [2.75, 3.05) is 0 Å². The zero-order valence-electron chi connectivity index (χ0n) is 15.2. The van der Waals surface area contributed by atoms with Gasteiger partial charge in [-0.2, -0.15) is 4.98 Å². The molecule has 28 heavy (non-hydrogen) atoms. The number of hydrogen-bond donors (Lipinski definition) is 2. The molecule has 3 aliphatic rings. The average molecular weight is 389 g/mol. The van der Waals surface area contributed by atoms with Crippen molar-refractivity contribution in [3.05, 3.63) is 64.0 Å². The molecule has 0 aliphatic carbocycles. The van der Waals surface area contributed by atoms with E-state index < -0.39 is 0 Å². The second-order valence-electron chi connectivity index (χ2n) is 7.76. The lowest BCUT2D eigenvalue weighted by molar-refractivity contribution is 0.406. The summed E-state index contributed by atoms with van der Waals surface area (Å²) in [5.74, 6) is 2.38. The molecule has 0 saturated carbocycles. The van der Waals surface area contributed by atoms with Crippen molar-refractivity contribution in [1.82, 2.24) is 15.5 Å². The van der Waals surface area contributed by atoms with Gasteiger partial charge in [0.1, 0.15) is 11.5 Å². The molecule has 2 atom stereocenters. The highest BCUT2D eigenvalue weighted by atomic mass is 32.1. The van der Waals surface area contributed by atoms with E-state index in [0.29, 0.717) is 17.9 Å². The molecule has 4 heterocycles. The van der Waals surface area contributed by atoms with Crippen LogP contribution in [-0.4, -0.2) is 22.2 Å². The number of aromatic amines is 1. The van der Waals surface area contributed by atoms with E-state index in [9.17, 15) is 0 Å². The number of aromatic nitrogens is 2. The highest BCUT2D eigenvalue weighted by Crippen LogP contribution is 2.48. The van der Waals surface area contributed by atoms with Crippen LogP contribution in [0.2, 0.25) is 0 Å². The van der Waals surface area contributed by atoms with Crippen molar-refractivity contribution in [2.45, 2.75) is 37.8 Å². The van der Waals surface area contributed by atoms with Crippen LogP contribution in [0.5, 0.6) is 11.5 Å². The van der Waals surface area contributed by atoms with Crippen LogP contribution in [0, 0.1) is 4.84 Å². The minimum atomic E-state index is 0.201. The Bertz CT molecular complexity index is 1160. The van der Waals surface area contributed by atoms with Crippen molar-refractivity contribution in [3.63, 3.8) is 0 Å². The number of H-pyrrole nitrogens is 1. The number of piperidine rings is 1. The topological polar surface area (TPSA) is 63.1 Å². The van der Waals surface area contributed by atoms with Crippen molar-refractivity contribution in [3.8, 4) is 22.9 Å². The Kier molecular flexibility index (Phi) is 3.58. The zero-order valence-corrected chi connectivity index (χ0v) is 16.0. The maximum atomic E-state index is 6.29. The highest BCUT2D eigenvalue weighted by Gasteiger charge is 2.34. The van der Waals surface area contributed by atoms with Gasteiger partial charge in [-0.1, -0.05) is 29.8 Å². The first-order valence-corrected chi connectivity index (χ1v) is 10.1. The number of fused-ring (bicyclic) bond motifs is 4. The van der Waals surface area contributed by atoms with E-state index in [1.54, 1.807) is 0 Å². The van der Waals surface area contributed by atoms with Gasteiger partial charge in [-0.25, -0.2) is 5.16 Å². The standard InChI is InChI=1S/C22H19N3O2S/c28-22-24-21(25-27-22)12-5-8-17-19(11-12)26-18-4-2-1-3-16(18)20(17)13-9-14-6-7-15(10-13)23-14/h1-5,8,11,14-15,23H,6-7,9-10H2,(H,24,25,28). The largest absolute Gasteiger partial charge is 0.456 e. The quantitative estimate of drug-likeness (QED) is 0.437. The first-order valence-electron chi connectivity index (χ1n) is 9.70. The number of para-hydroxylation sites is 1. The molecule has 2 aromatic carbocycles. The molecule has 1 aromatic heterocycles. The van der Waals surface area contributed by atoms with Crippen LogP contribution >= 0.6 is 12.2 Å². The fraction of sp³-hybridized carbons (Fsp3) is 0.273. The summed E-state index contributed by atoms with van der Waals surface area (Å²) in [5.41, 5.74) is 6.13. The van der Waals surface area contributed by atoms with E-state index >= 15 is 0 Å². The van der Waals surface area contributed by atoms with E-state index in [0.717, 1.165) is 35.5 Å². The third-order valence-electron chi connectivity index (χ3n) is 6.01. The molecule has 2 unspecified atom stereocenters. The average Bonchev–Trinajstić information content (AvgIpc) is 3.30. The van der Waals surface area contributed by atoms with Gasteiger partial charge in [0.05, 0.1) is 0 Å². The number of benzene rings is 2. The monoisotopic (exact) mass is 389 g/mol. The van der Waals surface area contributed by atoms with Crippen molar-refractivity contribution < 1.29 is 9.26 Å². The fourth-order valence-electron chi connectivity index (χ4n) is 4.83. The SMILES string of the molecule is S=c1nc(-c2ccc3c(c2)Oc2ccccc2C3=C2CC3CCC(C2)N3)[nH]o1. The summed E-state index contributed by atoms with van der Waals surface area (Å²) in [5, 5.41) is 6.52. The van der Waals surface area contributed by atoms with Crippen LogP contribution in [0.15, 0.2) is 52.6 Å². The van der Waals surface area contributed by atoms with Crippen LogP contribution < -0.4 is 10.1 Å². The van der Waals surface area contributed by atoms with E-state index in [1.807, 2.05) is 18.2 Å². The first kappa shape index (κ1) is 16.3. The Labute approximate surface area is 167 Å². The highest BCUT2D eigenvalue weighted by molar-refractivity contribution is 7.71. The molecule has 2 saturated heterocycles. The third kappa shape index (κ3) is 2.56. The van der Waals surface area contributed by atoms with Gasteiger partial charge in [-0.05, 0) is 61.7 Å². The first-order chi connectivity index (χ1) is 13.7. The summed E-state index contributed by atoms with van der Waals surface area (Å²) in [6.45, 7) is 0. The van der Waals surface area contributed by atoms with Gasteiger partial charge >= 0.3 is 4.84 Å². The molecule has 0 spiro atoms. The van der Waals surface area contributed by atoms with Crippen molar-refractivity contribution in [1.29, 1.82) is 0 Å². The summed E-state index contributed by atoms with van der Waals surface area (Å²) in [6.07, 6.45) is 4.77. The predicted molar refractivity (Wildman–Crippen MR) is 109 cm³/mol. The van der Waals surface area contributed by atoms with E-state index in [-0.39, 0.29) is 4.84 Å². The Morgan fingerprint density at radius 3 is 2.54 bits per heavy atom. The van der Waals surface area contributed by atoms with Crippen LogP contribution in [0.4, 0.5) is 0 Å². The lowest BCUT2D eigenvalue weighted by Gasteiger charge is -2.30. The molecule has 2 bridgehead atoms. The molecule has 3 aliphatic heterocycles. The second-order valence-corrected chi connectivity index (χ2v) is 8.11. The van der Waals surface area contributed by atoms with Crippen molar-refractivity contribution in [2.24, 2.45) is 0 Å². The number of nitrogens with one attached hydrogen (secondary N) is 2.